The van der Waals surface area contributed by atoms with Crippen molar-refractivity contribution in [1.29, 1.82) is 0 Å². The van der Waals surface area contributed by atoms with Crippen LogP contribution in [0.25, 0.3) is 0 Å². The third-order valence-corrected chi connectivity index (χ3v) is 8.85. The Morgan fingerprint density at radius 1 is 0.588 bits per heavy atom. The van der Waals surface area contributed by atoms with E-state index in [1.807, 2.05) is 92.6 Å². The normalized spacial score (nSPS) is 16.9. The number of ether oxygens (including phenoxy) is 3. The van der Waals surface area contributed by atoms with Crippen molar-refractivity contribution in [3.63, 3.8) is 0 Å². The lowest BCUT2D eigenvalue weighted by Gasteiger charge is -2.31. The van der Waals surface area contributed by atoms with Gasteiger partial charge in [0, 0.05) is 18.6 Å². The van der Waals surface area contributed by atoms with Crippen LogP contribution in [0.2, 0.25) is 0 Å². The van der Waals surface area contributed by atoms with Crippen molar-refractivity contribution >= 4 is 17.9 Å². The molecule has 2 atom stereocenters. The van der Waals surface area contributed by atoms with Crippen molar-refractivity contribution in [2.75, 3.05) is 0 Å². The van der Waals surface area contributed by atoms with Gasteiger partial charge in [0.2, 0.25) is 0 Å². The highest BCUT2D eigenvalue weighted by atomic mass is 16.6. The molecule has 7 heteroatoms. The molecule has 0 bridgehead atoms. The maximum Gasteiger partial charge on any atom is 0.311 e. The summed E-state index contributed by atoms with van der Waals surface area (Å²) in [6.45, 7) is 18.9. The summed E-state index contributed by atoms with van der Waals surface area (Å²) in [6, 6.07) is 24.8. The molecule has 51 heavy (non-hydrogen) atoms. The molecule has 1 saturated heterocycles. The highest BCUT2D eigenvalue weighted by Crippen LogP contribution is 2.36. The lowest BCUT2D eigenvalue weighted by Crippen LogP contribution is -2.37. The second-order valence-electron chi connectivity index (χ2n) is 17.8. The number of hydrogen-bond donors (Lipinski definition) is 0. The van der Waals surface area contributed by atoms with Crippen LogP contribution in [0.3, 0.4) is 0 Å². The molecule has 0 amide bonds. The Balaban J connectivity index is 1.49. The van der Waals surface area contributed by atoms with E-state index < -0.39 is 0 Å². The maximum atomic E-state index is 13.0. The maximum absolute atomic E-state index is 13.0. The Kier molecular flexibility index (Phi) is 13.3. The number of carbonyl (C=O) groups excluding carboxylic acids is 3. The van der Waals surface area contributed by atoms with Crippen molar-refractivity contribution < 1.29 is 28.6 Å². The van der Waals surface area contributed by atoms with Gasteiger partial charge in [0.05, 0.1) is 19.3 Å². The van der Waals surface area contributed by atoms with Gasteiger partial charge in [0.15, 0.2) is 11.5 Å². The molecule has 7 nitrogen and oxygen atoms in total. The molecule has 0 aromatic heterocycles. The molecule has 1 fully saturated rings. The van der Waals surface area contributed by atoms with Crippen molar-refractivity contribution in [3.05, 3.63) is 89.5 Å². The van der Waals surface area contributed by atoms with Gasteiger partial charge in [-0.2, -0.15) is 0 Å². The van der Waals surface area contributed by atoms with E-state index in [4.69, 9.17) is 14.2 Å². The van der Waals surface area contributed by atoms with Crippen LogP contribution in [-0.2, 0) is 33.8 Å². The summed E-state index contributed by atoms with van der Waals surface area (Å²) >= 11 is 0. The van der Waals surface area contributed by atoms with Gasteiger partial charge in [-0.3, -0.25) is 19.3 Å². The summed E-state index contributed by atoms with van der Waals surface area (Å²) in [5.41, 5.74) is 2.93. The molecule has 1 heterocycles. The predicted molar refractivity (Wildman–Crippen MR) is 203 cm³/mol. The number of hydrogen-bond acceptors (Lipinski definition) is 7. The zero-order chi connectivity index (χ0) is 37.4. The van der Waals surface area contributed by atoms with Gasteiger partial charge < -0.3 is 14.2 Å². The fourth-order valence-electron chi connectivity index (χ4n) is 6.55. The minimum atomic E-state index is -0.354. The first kappa shape index (κ1) is 39.8. The Bertz CT molecular complexity index is 1610. The molecule has 0 aliphatic carbocycles. The van der Waals surface area contributed by atoms with Crippen molar-refractivity contribution in [2.24, 2.45) is 16.2 Å². The van der Waals surface area contributed by atoms with Crippen molar-refractivity contribution in [2.45, 2.75) is 132 Å². The number of rotatable bonds is 13. The third kappa shape index (κ3) is 13.9. The molecule has 4 rings (SSSR count). The van der Waals surface area contributed by atoms with E-state index in [1.165, 1.54) is 11.1 Å². The lowest BCUT2D eigenvalue weighted by molar-refractivity contribution is -0.139. The second kappa shape index (κ2) is 17.0. The van der Waals surface area contributed by atoms with Gasteiger partial charge in [-0.1, -0.05) is 111 Å². The highest BCUT2D eigenvalue weighted by molar-refractivity contribution is 5.77. The molecule has 3 aromatic rings. The summed E-state index contributed by atoms with van der Waals surface area (Å²) < 4.78 is 17.2. The van der Waals surface area contributed by atoms with Gasteiger partial charge in [-0.05, 0) is 89.3 Å². The molecule has 0 saturated carbocycles. The van der Waals surface area contributed by atoms with Crippen LogP contribution in [0.4, 0.5) is 0 Å². The molecule has 276 valence electrons. The van der Waals surface area contributed by atoms with Gasteiger partial charge in [-0.15, -0.1) is 0 Å². The van der Waals surface area contributed by atoms with E-state index in [0.717, 1.165) is 44.2 Å². The zero-order valence-electron chi connectivity index (χ0n) is 32.3. The van der Waals surface area contributed by atoms with E-state index in [0.29, 0.717) is 24.0 Å². The van der Waals surface area contributed by atoms with E-state index in [9.17, 15) is 14.4 Å². The SMILES string of the molecule is CC(C)(C)CC(=O)Oc1ccc(CCC2CCC(Cc3ccc(OC(=O)CC(C)(C)C)c(OC(=O)CC(C)(C)C)c3)N2Cc2ccccc2)cc1. The van der Waals surface area contributed by atoms with Crippen molar-refractivity contribution in [1.82, 2.24) is 4.90 Å². The predicted octanol–water partition coefficient (Wildman–Crippen LogP) is 9.92. The summed E-state index contributed by atoms with van der Waals surface area (Å²) in [4.78, 5) is 40.7. The first-order valence-electron chi connectivity index (χ1n) is 18.5. The van der Waals surface area contributed by atoms with Crippen molar-refractivity contribution in [3.8, 4) is 17.2 Å². The average Bonchev–Trinajstić information content (AvgIpc) is 3.36. The van der Waals surface area contributed by atoms with Gasteiger partial charge in [0.25, 0.3) is 0 Å². The number of nitrogens with zero attached hydrogens (tertiary/aromatic N) is 1. The Morgan fingerprint density at radius 2 is 1.10 bits per heavy atom. The van der Waals surface area contributed by atoms with Crippen LogP contribution in [0.15, 0.2) is 72.8 Å². The molecule has 3 aromatic carbocycles. The Hall–Kier alpha value is -3.97. The van der Waals surface area contributed by atoms with Gasteiger partial charge >= 0.3 is 17.9 Å². The van der Waals surface area contributed by atoms with Crippen LogP contribution < -0.4 is 14.2 Å². The molecule has 2 unspecified atom stereocenters. The number of aryl methyl sites for hydroxylation is 1. The number of likely N-dealkylation sites (tertiary alicyclic amines) is 1. The third-order valence-electron chi connectivity index (χ3n) is 8.85. The van der Waals surface area contributed by atoms with E-state index in [2.05, 4.69) is 41.3 Å². The molecule has 1 aliphatic rings. The zero-order valence-corrected chi connectivity index (χ0v) is 32.3. The summed E-state index contributed by atoms with van der Waals surface area (Å²) in [6.07, 6.45) is 5.68. The lowest BCUT2D eigenvalue weighted by atomic mass is 9.92. The van der Waals surface area contributed by atoms with Crippen LogP contribution >= 0.6 is 0 Å². The summed E-state index contributed by atoms with van der Waals surface area (Å²) in [7, 11) is 0. The topological polar surface area (TPSA) is 82.1 Å². The molecular weight excluding hydrogens is 638 g/mol. The van der Waals surface area contributed by atoms with E-state index in [1.54, 1.807) is 6.07 Å². The fraction of sp³-hybridized carbons (Fsp3) is 0.523. The van der Waals surface area contributed by atoms with Crippen LogP contribution in [0.1, 0.15) is 118 Å². The largest absolute Gasteiger partial charge is 0.427 e. The molecule has 1 aliphatic heterocycles. The summed E-state index contributed by atoms with van der Waals surface area (Å²) in [5.74, 6) is 0.229. The van der Waals surface area contributed by atoms with Gasteiger partial charge in [0.1, 0.15) is 5.75 Å². The molecule has 0 spiro atoms. The monoisotopic (exact) mass is 697 g/mol. The number of carbonyl (C=O) groups is 3. The second-order valence-corrected chi connectivity index (χ2v) is 17.8. The average molecular weight is 698 g/mol. The molecule has 0 radical (unpaired) electrons. The molecular formula is C44H59NO6. The highest BCUT2D eigenvalue weighted by Gasteiger charge is 2.33. The van der Waals surface area contributed by atoms with Crippen LogP contribution in [-0.4, -0.2) is 34.9 Å². The Labute approximate surface area is 306 Å². The Morgan fingerprint density at radius 3 is 1.67 bits per heavy atom. The number of esters is 3. The standard InChI is InChI=1S/C44H59NO6/c1-42(2,3)27-39(46)49-36-22-16-31(17-23-36)15-19-34-20-21-35(45(34)30-32-13-11-10-12-14-32)25-33-18-24-37(50-40(47)28-43(4,5)6)38(26-33)51-41(48)29-44(7,8)9/h10-14,16-18,22-24,26,34-35H,15,19-21,25,27-30H2,1-9H3. The first-order valence-corrected chi connectivity index (χ1v) is 18.5. The summed E-state index contributed by atoms with van der Waals surface area (Å²) in [5, 5.41) is 0. The number of benzene rings is 3. The smallest absolute Gasteiger partial charge is 0.311 e. The van der Waals surface area contributed by atoms with Crippen LogP contribution in [0.5, 0.6) is 17.2 Å². The van der Waals surface area contributed by atoms with Gasteiger partial charge in [-0.25, -0.2) is 0 Å². The first-order chi connectivity index (χ1) is 23.8. The fourth-order valence-corrected chi connectivity index (χ4v) is 6.55. The van der Waals surface area contributed by atoms with Crippen LogP contribution in [0, 0.1) is 16.2 Å². The minimum Gasteiger partial charge on any atom is -0.427 e. The minimum absolute atomic E-state index is 0.118. The molecule has 0 N–H and O–H groups in total. The quantitative estimate of drug-likeness (QED) is 0.130. The van der Waals surface area contributed by atoms with E-state index in [-0.39, 0.29) is 58.8 Å². The van der Waals surface area contributed by atoms with E-state index >= 15 is 0 Å².